The summed E-state index contributed by atoms with van der Waals surface area (Å²) in [7, 11) is 1.56. The second-order valence-corrected chi connectivity index (χ2v) is 12.4. The molecule has 1 aliphatic heterocycles. The molecule has 2 aliphatic rings. The van der Waals surface area contributed by atoms with Gasteiger partial charge in [-0.25, -0.2) is 14.5 Å². The van der Waals surface area contributed by atoms with Crippen LogP contribution in [-0.4, -0.2) is 46.2 Å². The molecule has 2 heterocycles. The molecule has 2 atom stereocenters. The van der Waals surface area contributed by atoms with Gasteiger partial charge in [-0.05, 0) is 105 Å². The van der Waals surface area contributed by atoms with Crippen LogP contribution in [0.2, 0.25) is 0 Å². The van der Waals surface area contributed by atoms with E-state index >= 15 is 0 Å². The van der Waals surface area contributed by atoms with E-state index in [1.807, 2.05) is 24.3 Å². The van der Waals surface area contributed by atoms with Crippen molar-refractivity contribution in [1.29, 1.82) is 0 Å². The number of benzene rings is 2. The smallest absolute Gasteiger partial charge is 0.435 e. The molecule has 10 heteroatoms. The Kier molecular flexibility index (Phi) is 5.90. The first-order valence-corrected chi connectivity index (χ1v) is 13.1. The van der Waals surface area contributed by atoms with Gasteiger partial charge in [0.25, 0.3) is 0 Å². The van der Waals surface area contributed by atoms with Gasteiger partial charge in [-0.2, -0.15) is 9.78 Å². The van der Waals surface area contributed by atoms with E-state index < -0.39 is 28.8 Å². The number of aromatic nitrogens is 2. The highest BCUT2D eigenvalue weighted by atomic mass is 79.9. The SMILES string of the molecule is COc1ccc2c(c1)[C@]1(C[C@H]1c1ccc3c(Br)nn(C(=O)OC(C)(C)C)c3c1)C(=O)N2C(=O)OC(C)(C)C. The van der Waals surface area contributed by atoms with E-state index in [1.54, 1.807) is 60.8 Å². The molecular weight excluding hydrogens is 554 g/mol. The standard InChI is InChI=1S/C28H30BrN3O6/c1-26(2,3)37-24(34)31-20-11-9-16(36-7)13-18(20)28(23(31)33)14-19(28)15-8-10-17-21(12-15)32(30-22(17)29)25(35)38-27(4,5)6/h8-13,19H,14H2,1-7H3/t19-,28-/m0/s1. The number of imide groups is 1. The second kappa shape index (κ2) is 8.56. The van der Waals surface area contributed by atoms with Crippen molar-refractivity contribution in [2.45, 2.75) is 70.5 Å². The van der Waals surface area contributed by atoms with Gasteiger partial charge in [0, 0.05) is 11.3 Å². The second-order valence-electron chi connectivity index (χ2n) is 11.7. The molecule has 1 spiro atoms. The van der Waals surface area contributed by atoms with E-state index in [0.717, 1.165) is 21.4 Å². The predicted molar refractivity (Wildman–Crippen MR) is 145 cm³/mol. The van der Waals surface area contributed by atoms with Crippen molar-refractivity contribution in [3.05, 3.63) is 52.1 Å². The number of hydrogen-bond donors (Lipinski definition) is 0. The van der Waals surface area contributed by atoms with Gasteiger partial charge < -0.3 is 14.2 Å². The van der Waals surface area contributed by atoms with Crippen LogP contribution in [0.4, 0.5) is 15.3 Å². The molecule has 9 nitrogen and oxygen atoms in total. The van der Waals surface area contributed by atoms with E-state index in [0.29, 0.717) is 28.0 Å². The minimum atomic E-state index is -0.942. The number of rotatable bonds is 2. The number of carbonyl (C=O) groups excluding carboxylic acids is 3. The van der Waals surface area contributed by atoms with Crippen molar-refractivity contribution in [1.82, 2.24) is 9.78 Å². The van der Waals surface area contributed by atoms with Gasteiger partial charge in [-0.15, -0.1) is 0 Å². The van der Waals surface area contributed by atoms with Crippen molar-refractivity contribution < 1.29 is 28.6 Å². The average Bonchev–Trinajstić information content (AvgIpc) is 3.41. The van der Waals surface area contributed by atoms with Crippen LogP contribution in [0.25, 0.3) is 10.9 Å². The van der Waals surface area contributed by atoms with Crippen LogP contribution < -0.4 is 9.64 Å². The van der Waals surface area contributed by atoms with Gasteiger partial charge in [-0.3, -0.25) is 4.79 Å². The Balaban J connectivity index is 1.57. The quantitative estimate of drug-likeness (QED) is 0.349. The van der Waals surface area contributed by atoms with Gasteiger partial charge in [-0.1, -0.05) is 6.07 Å². The molecule has 200 valence electrons. The number of anilines is 1. The highest BCUT2D eigenvalue weighted by Crippen LogP contribution is 2.67. The van der Waals surface area contributed by atoms with Crippen LogP contribution in [0, 0.1) is 0 Å². The molecule has 0 saturated heterocycles. The third kappa shape index (κ3) is 4.24. The number of hydrogen-bond acceptors (Lipinski definition) is 7. The molecule has 5 rings (SSSR count). The van der Waals surface area contributed by atoms with Crippen LogP contribution in [0.1, 0.15) is 65.0 Å². The summed E-state index contributed by atoms with van der Waals surface area (Å²) in [4.78, 5) is 41.1. The monoisotopic (exact) mass is 583 g/mol. The molecule has 1 fully saturated rings. The molecule has 2 amide bonds. The fourth-order valence-corrected chi connectivity index (χ4v) is 5.56. The van der Waals surface area contributed by atoms with E-state index in [4.69, 9.17) is 14.2 Å². The Morgan fingerprint density at radius 2 is 1.66 bits per heavy atom. The van der Waals surface area contributed by atoms with E-state index in [2.05, 4.69) is 21.0 Å². The number of amides is 2. The predicted octanol–water partition coefficient (Wildman–Crippen LogP) is 6.30. The highest BCUT2D eigenvalue weighted by molar-refractivity contribution is 9.10. The van der Waals surface area contributed by atoms with E-state index in [9.17, 15) is 14.4 Å². The largest absolute Gasteiger partial charge is 0.497 e. The normalized spacial score (nSPS) is 20.6. The van der Waals surface area contributed by atoms with Crippen molar-refractivity contribution in [3.8, 4) is 5.75 Å². The van der Waals surface area contributed by atoms with Gasteiger partial charge in [0.1, 0.15) is 21.6 Å². The molecule has 1 aliphatic carbocycles. The number of fused-ring (bicyclic) bond motifs is 3. The zero-order chi connectivity index (χ0) is 27.8. The Labute approximate surface area is 229 Å². The summed E-state index contributed by atoms with van der Waals surface area (Å²) in [5.41, 5.74) is 0.233. The molecule has 2 aromatic carbocycles. The number of carbonyl (C=O) groups is 3. The summed E-state index contributed by atoms with van der Waals surface area (Å²) in [5.74, 6) is 0.0374. The van der Waals surface area contributed by atoms with Gasteiger partial charge in [0.2, 0.25) is 5.91 Å². The first-order valence-electron chi connectivity index (χ1n) is 12.3. The summed E-state index contributed by atoms with van der Waals surface area (Å²) >= 11 is 3.43. The lowest BCUT2D eigenvalue weighted by Crippen LogP contribution is -2.41. The third-order valence-electron chi connectivity index (χ3n) is 6.68. The van der Waals surface area contributed by atoms with E-state index in [1.165, 1.54) is 4.68 Å². The lowest BCUT2D eigenvalue weighted by molar-refractivity contribution is -0.120. The fourth-order valence-electron chi connectivity index (χ4n) is 5.06. The lowest BCUT2D eigenvalue weighted by atomic mass is 9.91. The van der Waals surface area contributed by atoms with Crippen molar-refractivity contribution in [2.24, 2.45) is 0 Å². The fraction of sp³-hybridized carbons (Fsp3) is 0.429. The van der Waals surface area contributed by atoms with Crippen LogP contribution in [-0.2, 0) is 19.7 Å². The van der Waals surface area contributed by atoms with Crippen molar-refractivity contribution in [2.75, 3.05) is 12.0 Å². The molecule has 3 aromatic rings. The molecule has 1 saturated carbocycles. The number of halogens is 1. The van der Waals surface area contributed by atoms with Gasteiger partial charge in [0.05, 0.1) is 23.7 Å². The molecule has 0 N–H and O–H groups in total. The lowest BCUT2D eigenvalue weighted by Gasteiger charge is -2.24. The number of ether oxygens (including phenoxy) is 3. The van der Waals surface area contributed by atoms with Crippen molar-refractivity contribution >= 4 is 50.6 Å². The first-order chi connectivity index (χ1) is 17.7. The van der Waals surface area contributed by atoms with Crippen LogP contribution in [0.3, 0.4) is 0 Å². The topological polar surface area (TPSA) is 100.0 Å². The molecule has 0 radical (unpaired) electrons. The molecule has 0 bridgehead atoms. The van der Waals surface area contributed by atoms with Crippen molar-refractivity contribution in [3.63, 3.8) is 0 Å². The molecule has 38 heavy (non-hydrogen) atoms. The first kappa shape index (κ1) is 26.2. The summed E-state index contributed by atoms with van der Waals surface area (Å²) in [5, 5.41) is 5.07. The Hall–Kier alpha value is -3.40. The van der Waals surface area contributed by atoms with Crippen LogP contribution in [0.15, 0.2) is 41.0 Å². The summed E-state index contributed by atoms with van der Waals surface area (Å²) < 4.78 is 18.3. The number of nitrogens with zero attached hydrogens (tertiary/aromatic N) is 3. The molecule has 1 aromatic heterocycles. The van der Waals surface area contributed by atoms with Gasteiger partial charge >= 0.3 is 12.2 Å². The Bertz CT molecular complexity index is 1500. The zero-order valence-electron chi connectivity index (χ0n) is 22.4. The minimum Gasteiger partial charge on any atom is -0.497 e. The minimum absolute atomic E-state index is 0.224. The molecule has 0 unspecified atom stereocenters. The number of methoxy groups -OCH3 is 1. The summed E-state index contributed by atoms with van der Waals surface area (Å²) in [6.45, 7) is 10.7. The third-order valence-corrected chi connectivity index (χ3v) is 7.26. The molecular formula is C28H30BrN3O6. The summed E-state index contributed by atoms with van der Waals surface area (Å²) in [6.07, 6.45) is -0.809. The van der Waals surface area contributed by atoms with E-state index in [-0.39, 0.29) is 11.8 Å². The summed E-state index contributed by atoms with van der Waals surface area (Å²) in [6, 6.07) is 10.9. The Morgan fingerprint density at radius 1 is 1.00 bits per heavy atom. The average molecular weight is 584 g/mol. The maximum Gasteiger partial charge on any atom is 0.435 e. The Morgan fingerprint density at radius 3 is 2.29 bits per heavy atom. The van der Waals surface area contributed by atoms with Crippen LogP contribution >= 0.6 is 15.9 Å². The van der Waals surface area contributed by atoms with Gasteiger partial charge in [0.15, 0.2) is 0 Å². The highest BCUT2D eigenvalue weighted by Gasteiger charge is 2.68. The maximum absolute atomic E-state index is 13.9. The van der Waals surface area contributed by atoms with Crippen LogP contribution in [0.5, 0.6) is 5.75 Å². The maximum atomic E-state index is 13.9. The zero-order valence-corrected chi connectivity index (χ0v) is 24.0.